The van der Waals surface area contributed by atoms with Crippen molar-refractivity contribution in [2.75, 3.05) is 12.4 Å². The van der Waals surface area contributed by atoms with Gasteiger partial charge in [0.25, 0.3) is 0 Å². The third-order valence-corrected chi connectivity index (χ3v) is 2.91. The lowest BCUT2D eigenvalue weighted by Crippen LogP contribution is -2.10. The van der Waals surface area contributed by atoms with E-state index < -0.39 is 0 Å². The van der Waals surface area contributed by atoms with Gasteiger partial charge in [-0.25, -0.2) is 9.97 Å². The topological polar surface area (TPSA) is 52.1 Å². The first-order valence-corrected chi connectivity index (χ1v) is 6.82. The number of rotatable bonds is 7. The van der Waals surface area contributed by atoms with Gasteiger partial charge in [0, 0.05) is 24.1 Å². The minimum atomic E-state index is -0.109. The Labute approximate surface area is 106 Å². The summed E-state index contributed by atoms with van der Waals surface area (Å²) in [5.74, 6) is 1.87. The third-order valence-electron chi connectivity index (χ3n) is 1.96. The van der Waals surface area contributed by atoms with Crippen molar-refractivity contribution < 1.29 is 9.53 Å². The molecule has 1 rings (SSSR count). The number of hydrogen-bond donors (Lipinski definition) is 0. The fraction of sp³-hybridized carbons (Fsp3) is 0.583. The van der Waals surface area contributed by atoms with E-state index in [0.717, 1.165) is 17.2 Å². The summed E-state index contributed by atoms with van der Waals surface area (Å²) < 4.78 is 5.10. The second-order valence-electron chi connectivity index (χ2n) is 4.07. The van der Waals surface area contributed by atoms with E-state index in [1.54, 1.807) is 24.3 Å². The SMILES string of the molecule is CC(C)CC(=O)OCCSCc1ccncn1. The van der Waals surface area contributed by atoms with Crippen molar-refractivity contribution >= 4 is 17.7 Å². The molecule has 0 saturated carbocycles. The molecule has 0 saturated heterocycles. The van der Waals surface area contributed by atoms with Crippen LogP contribution < -0.4 is 0 Å². The molecule has 0 aliphatic carbocycles. The van der Waals surface area contributed by atoms with Crippen LogP contribution in [0.5, 0.6) is 0 Å². The normalized spacial score (nSPS) is 10.5. The molecule has 5 heteroatoms. The zero-order valence-electron chi connectivity index (χ0n) is 10.3. The zero-order chi connectivity index (χ0) is 12.5. The molecule has 1 heterocycles. The fourth-order valence-corrected chi connectivity index (χ4v) is 1.91. The van der Waals surface area contributed by atoms with Crippen LogP contribution in [-0.2, 0) is 15.3 Å². The van der Waals surface area contributed by atoms with Crippen molar-refractivity contribution in [3.05, 3.63) is 24.3 Å². The minimum Gasteiger partial charge on any atom is -0.465 e. The number of hydrogen-bond acceptors (Lipinski definition) is 5. The van der Waals surface area contributed by atoms with Crippen molar-refractivity contribution in [3.63, 3.8) is 0 Å². The number of esters is 1. The number of aromatic nitrogens is 2. The van der Waals surface area contributed by atoms with Crippen LogP contribution in [0.15, 0.2) is 18.6 Å². The molecule has 0 bridgehead atoms. The summed E-state index contributed by atoms with van der Waals surface area (Å²) in [6.07, 6.45) is 3.76. The van der Waals surface area contributed by atoms with Crippen LogP contribution in [0.2, 0.25) is 0 Å². The van der Waals surface area contributed by atoms with Crippen LogP contribution in [0.3, 0.4) is 0 Å². The first kappa shape index (κ1) is 14.0. The third kappa shape index (κ3) is 6.94. The van der Waals surface area contributed by atoms with Gasteiger partial charge in [-0.15, -0.1) is 0 Å². The first-order valence-electron chi connectivity index (χ1n) is 5.66. The molecule has 94 valence electrons. The molecule has 0 unspecified atom stereocenters. The Morgan fingerprint density at radius 1 is 1.53 bits per heavy atom. The van der Waals surface area contributed by atoms with Crippen LogP contribution >= 0.6 is 11.8 Å². The number of ether oxygens (including phenoxy) is 1. The van der Waals surface area contributed by atoms with Crippen LogP contribution in [0.4, 0.5) is 0 Å². The maximum atomic E-state index is 11.2. The van der Waals surface area contributed by atoms with E-state index in [2.05, 4.69) is 9.97 Å². The molecule has 0 atom stereocenters. The molecule has 0 amide bonds. The predicted octanol–water partition coefficient (Wildman–Crippen LogP) is 2.30. The highest BCUT2D eigenvalue weighted by Gasteiger charge is 2.05. The van der Waals surface area contributed by atoms with E-state index in [1.807, 2.05) is 19.9 Å². The van der Waals surface area contributed by atoms with Gasteiger partial charge < -0.3 is 4.74 Å². The zero-order valence-corrected chi connectivity index (χ0v) is 11.1. The molecule has 0 spiro atoms. The lowest BCUT2D eigenvalue weighted by molar-refractivity contribution is -0.143. The molecule has 1 aromatic heterocycles. The first-order chi connectivity index (χ1) is 8.18. The molecular formula is C12H18N2O2S. The molecule has 17 heavy (non-hydrogen) atoms. The van der Waals surface area contributed by atoms with Crippen molar-refractivity contribution in [2.45, 2.75) is 26.0 Å². The molecule has 0 N–H and O–H groups in total. The monoisotopic (exact) mass is 254 g/mol. The number of carbonyl (C=O) groups is 1. The smallest absolute Gasteiger partial charge is 0.306 e. The van der Waals surface area contributed by atoms with Crippen molar-refractivity contribution in [3.8, 4) is 0 Å². The summed E-state index contributed by atoms with van der Waals surface area (Å²) in [7, 11) is 0. The van der Waals surface area contributed by atoms with E-state index in [9.17, 15) is 4.79 Å². The van der Waals surface area contributed by atoms with Gasteiger partial charge in [0.05, 0.1) is 5.69 Å². The summed E-state index contributed by atoms with van der Waals surface area (Å²) >= 11 is 1.70. The van der Waals surface area contributed by atoms with Crippen LogP contribution in [0.25, 0.3) is 0 Å². The summed E-state index contributed by atoms with van der Waals surface area (Å²) in [6, 6.07) is 1.89. The number of carbonyl (C=O) groups excluding carboxylic acids is 1. The van der Waals surface area contributed by atoms with Gasteiger partial charge in [-0.05, 0) is 12.0 Å². The van der Waals surface area contributed by atoms with Crippen molar-refractivity contribution in [2.24, 2.45) is 5.92 Å². The Hall–Kier alpha value is -1.10. The fourth-order valence-electron chi connectivity index (χ4n) is 1.19. The molecule has 1 aromatic rings. The Bertz CT molecular complexity index is 331. The highest BCUT2D eigenvalue weighted by atomic mass is 32.2. The van der Waals surface area contributed by atoms with Crippen LogP contribution in [0, 0.1) is 5.92 Å². The predicted molar refractivity (Wildman–Crippen MR) is 68.6 cm³/mol. The molecule has 0 fully saturated rings. The van der Waals surface area contributed by atoms with E-state index in [0.29, 0.717) is 18.9 Å². The van der Waals surface area contributed by atoms with Gasteiger partial charge in [0.2, 0.25) is 0 Å². The molecule has 0 radical (unpaired) electrons. The number of thioether (sulfide) groups is 1. The van der Waals surface area contributed by atoms with Gasteiger partial charge in [0.1, 0.15) is 12.9 Å². The average molecular weight is 254 g/mol. The number of nitrogens with zero attached hydrogens (tertiary/aromatic N) is 2. The molecular weight excluding hydrogens is 236 g/mol. The van der Waals surface area contributed by atoms with E-state index in [1.165, 1.54) is 0 Å². The maximum absolute atomic E-state index is 11.2. The molecule has 0 aromatic carbocycles. The highest BCUT2D eigenvalue weighted by Crippen LogP contribution is 2.09. The maximum Gasteiger partial charge on any atom is 0.306 e. The molecule has 0 aliphatic heterocycles. The molecule has 4 nitrogen and oxygen atoms in total. The average Bonchev–Trinajstić information content (AvgIpc) is 2.29. The standard InChI is InChI=1S/C12H18N2O2S/c1-10(2)7-12(15)16-5-6-17-8-11-3-4-13-9-14-11/h3-4,9-10H,5-8H2,1-2H3. The summed E-state index contributed by atoms with van der Waals surface area (Å²) in [5.41, 5.74) is 0.999. The van der Waals surface area contributed by atoms with Gasteiger partial charge >= 0.3 is 5.97 Å². The van der Waals surface area contributed by atoms with Crippen molar-refractivity contribution in [1.29, 1.82) is 0 Å². The van der Waals surface area contributed by atoms with E-state index in [-0.39, 0.29) is 5.97 Å². The van der Waals surface area contributed by atoms with E-state index in [4.69, 9.17) is 4.74 Å². The summed E-state index contributed by atoms with van der Waals surface area (Å²) in [4.78, 5) is 19.2. The summed E-state index contributed by atoms with van der Waals surface area (Å²) in [6.45, 7) is 4.48. The lowest BCUT2D eigenvalue weighted by atomic mass is 10.1. The van der Waals surface area contributed by atoms with Crippen LogP contribution in [-0.4, -0.2) is 28.3 Å². The van der Waals surface area contributed by atoms with Gasteiger partial charge in [-0.3, -0.25) is 4.79 Å². The lowest BCUT2D eigenvalue weighted by Gasteiger charge is -2.06. The quantitative estimate of drug-likeness (QED) is 0.552. The Kier molecular flexibility index (Phi) is 6.62. The van der Waals surface area contributed by atoms with Crippen LogP contribution in [0.1, 0.15) is 26.0 Å². The van der Waals surface area contributed by atoms with Gasteiger partial charge in [0.15, 0.2) is 0 Å². The largest absolute Gasteiger partial charge is 0.465 e. The summed E-state index contributed by atoms with van der Waals surface area (Å²) in [5, 5.41) is 0. The second kappa shape index (κ2) is 8.06. The Balaban J connectivity index is 2.03. The Morgan fingerprint density at radius 3 is 3.00 bits per heavy atom. The molecule has 0 aliphatic rings. The van der Waals surface area contributed by atoms with Gasteiger partial charge in [-0.2, -0.15) is 11.8 Å². The second-order valence-corrected chi connectivity index (χ2v) is 5.18. The highest BCUT2D eigenvalue weighted by molar-refractivity contribution is 7.98. The van der Waals surface area contributed by atoms with E-state index >= 15 is 0 Å². The minimum absolute atomic E-state index is 0.109. The van der Waals surface area contributed by atoms with Crippen molar-refractivity contribution in [1.82, 2.24) is 9.97 Å². The Morgan fingerprint density at radius 2 is 2.35 bits per heavy atom. The van der Waals surface area contributed by atoms with Gasteiger partial charge in [-0.1, -0.05) is 13.8 Å².